The lowest BCUT2D eigenvalue weighted by Crippen LogP contribution is -2.23. The Kier molecular flexibility index (Phi) is 5.04. The maximum atomic E-state index is 12.3. The number of hydrogen-bond acceptors (Lipinski definition) is 3. The number of aryl methyl sites for hydroxylation is 1. The van der Waals surface area contributed by atoms with Crippen LogP contribution in [0, 0.1) is 6.92 Å². The van der Waals surface area contributed by atoms with Crippen molar-refractivity contribution in [1.29, 1.82) is 0 Å². The molecule has 0 aliphatic rings. The van der Waals surface area contributed by atoms with Gasteiger partial charge in [-0.2, -0.15) is 0 Å². The van der Waals surface area contributed by atoms with Crippen LogP contribution in [0.5, 0.6) is 5.75 Å². The number of amides is 1. The van der Waals surface area contributed by atoms with Gasteiger partial charge in [0.05, 0.1) is 7.11 Å². The van der Waals surface area contributed by atoms with Crippen molar-refractivity contribution in [2.45, 2.75) is 13.5 Å². The smallest absolute Gasteiger partial charge is 0.251 e. The van der Waals surface area contributed by atoms with Crippen LogP contribution in [0.1, 0.15) is 21.5 Å². The molecule has 0 aromatic heterocycles. The van der Waals surface area contributed by atoms with Crippen molar-refractivity contribution in [1.82, 2.24) is 5.32 Å². The lowest BCUT2D eigenvalue weighted by molar-refractivity contribution is 0.0950. The molecule has 0 aliphatic heterocycles. The molecule has 0 heterocycles. The van der Waals surface area contributed by atoms with Crippen molar-refractivity contribution in [2.75, 3.05) is 26.1 Å². The van der Waals surface area contributed by atoms with Crippen LogP contribution in [0.4, 0.5) is 5.69 Å². The quantitative estimate of drug-likeness (QED) is 0.922. The number of benzene rings is 2. The first-order valence-corrected chi connectivity index (χ1v) is 7.20. The molecule has 1 amide bonds. The van der Waals surface area contributed by atoms with Crippen LogP contribution >= 0.6 is 0 Å². The number of nitrogens with zero attached hydrogens (tertiary/aromatic N) is 1. The Bertz CT molecular complexity index is 666. The minimum absolute atomic E-state index is 0.0905. The Morgan fingerprint density at radius 1 is 1.18 bits per heavy atom. The molecule has 2 aromatic rings. The van der Waals surface area contributed by atoms with Crippen molar-refractivity contribution < 1.29 is 9.53 Å². The first-order valence-electron chi connectivity index (χ1n) is 7.20. The summed E-state index contributed by atoms with van der Waals surface area (Å²) in [4.78, 5) is 14.3. The molecule has 0 bridgehead atoms. The topological polar surface area (TPSA) is 41.6 Å². The highest BCUT2D eigenvalue weighted by molar-refractivity contribution is 5.95. The normalized spacial score (nSPS) is 10.2. The Balaban J connectivity index is 2.10. The van der Waals surface area contributed by atoms with Gasteiger partial charge in [-0.1, -0.05) is 23.8 Å². The average molecular weight is 298 g/mol. The molecule has 0 saturated carbocycles. The Morgan fingerprint density at radius 3 is 2.64 bits per heavy atom. The number of rotatable bonds is 5. The highest BCUT2D eigenvalue weighted by atomic mass is 16.5. The second-order valence-corrected chi connectivity index (χ2v) is 5.44. The van der Waals surface area contributed by atoms with Gasteiger partial charge in [0.25, 0.3) is 5.91 Å². The van der Waals surface area contributed by atoms with E-state index in [1.807, 2.05) is 68.4 Å². The van der Waals surface area contributed by atoms with E-state index in [4.69, 9.17) is 4.74 Å². The molecular weight excluding hydrogens is 276 g/mol. The first-order chi connectivity index (χ1) is 10.5. The third kappa shape index (κ3) is 3.79. The van der Waals surface area contributed by atoms with Crippen LogP contribution in [0.15, 0.2) is 42.5 Å². The maximum absolute atomic E-state index is 12.3. The molecule has 0 aliphatic carbocycles. The van der Waals surface area contributed by atoms with Crippen LogP contribution in [-0.4, -0.2) is 27.1 Å². The third-order valence-corrected chi connectivity index (χ3v) is 3.50. The number of nitrogens with one attached hydrogen (secondary N) is 1. The molecule has 4 heteroatoms. The van der Waals surface area contributed by atoms with Gasteiger partial charge in [0.15, 0.2) is 0 Å². The fourth-order valence-corrected chi connectivity index (χ4v) is 2.25. The number of anilines is 1. The summed E-state index contributed by atoms with van der Waals surface area (Å²) in [5.41, 5.74) is 3.76. The number of carbonyl (C=O) groups excluding carboxylic acids is 1. The first kappa shape index (κ1) is 15.9. The van der Waals surface area contributed by atoms with E-state index in [1.54, 1.807) is 7.11 Å². The van der Waals surface area contributed by atoms with Crippen LogP contribution < -0.4 is 15.0 Å². The molecule has 1 N–H and O–H groups in total. The molecule has 0 spiro atoms. The number of hydrogen-bond donors (Lipinski definition) is 1. The van der Waals surface area contributed by atoms with Gasteiger partial charge in [-0.3, -0.25) is 4.79 Å². The molecule has 0 fully saturated rings. The Morgan fingerprint density at radius 2 is 1.95 bits per heavy atom. The zero-order chi connectivity index (χ0) is 16.1. The van der Waals surface area contributed by atoms with Crippen LogP contribution in [0.25, 0.3) is 0 Å². The van der Waals surface area contributed by atoms with Crippen molar-refractivity contribution in [3.8, 4) is 5.75 Å². The number of ether oxygens (including phenoxy) is 1. The standard InChI is InChI=1S/C18H22N2O2/c1-13-8-9-17(22-4)15(10-13)12-19-18(21)14-6-5-7-16(11-14)20(2)3/h5-11H,12H2,1-4H3,(H,19,21). The molecule has 2 aromatic carbocycles. The summed E-state index contributed by atoms with van der Waals surface area (Å²) in [7, 11) is 5.54. The summed E-state index contributed by atoms with van der Waals surface area (Å²) in [6.45, 7) is 2.46. The minimum atomic E-state index is -0.0905. The highest BCUT2D eigenvalue weighted by Gasteiger charge is 2.09. The maximum Gasteiger partial charge on any atom is 0.251 e. The van der Waals surface area contributed by atoms with Crippen LogP contribution in [-0.2, 0) is 6.54 Å². The van der Waals surface area contributed by atoms with Gasteiger partial charge in [-0.25, -0.2) is 0 Å². The Hall–Kier alpha value is -2.49. The van der Waals surface area contributed by atoms with E-state index in [9.17, 15) is 4.79 Å². The fraction of sp³-hybridized carbons (Fsp3) is 0.278. The van der Waals surface area contributed by atoms with Gasteiger partial charge in [0, 0.05) is 37.5 Å². The molecule has 0 saturated heterocycles. The predicted octanol–water partition coefficient (Wildman–Crippen LogP) is 3.00. The fourth-order valence-electron chi connectivity index (χ4n) is 2.25. The average Bonchev–Trinajstić information content (AvgIpc) is 2.52. The molecule has 116 valence electrons. The monoisotopic (exact) mass is 298 g/mol. The Labute approximate surface area is 131 Å². The van der Waals surface area contributed by atoms with Gasteiger partial charge >= 0.3 is 0 Å². The zero-order valence-corrected chi connectivity index (χ0v) is 13.5. The molecular formula is C18H22N2O2. The summed E-state index contributed by atoms with van der Waals surface area (Å²) in [5, 5.41) is 2.95. The summed E-state index contributed by atoms with van der Waals surface area (Å²) >= 11 is 0. The number of carbonyl (C=O) groups is 1. The largest absolute Gasteiger partial charge is 0.496 e. The SMILES string of the molecule is COc1ccc(C)cc1CNC(=O)c1cccc(N(C)C)c1. The molecule has 0 unspecified atom stereocenters. The van der Waals surface area contributed by atoms with Gasteiger partial charge in [0.1, 0.15) is 5.75 Å². The van der Waals surface area contributed by atoms with E-state index in [0.29, 0.717) is 12.1 Å². The number of methoxy groups -OCH3 is 1. The van der Waals surface area contributed by atoms with Crippen molar-refractivity contribution in [3.63, 3.8) is 0 Å². The highest BCUT2D eigenvalue weighted by Crippen LogP contribution is 2.19. The van der Waals surface area contributed by atoms with E-state index in [0.717, 1.165) is 22.6 Å². The summed E-state index contributed by atoms with van der Waals surface area (Å²) in [6.07, 6.45) is 0. The predicted molar refractivity (Wildman–Crippen MR) is 89.7 cm³/mol. The zero-order valence-electron chi connectivity index (χ0n) is 13.5. The lowest BCUT2D eigenvalue weighted by Gasteiger charge is -2.14. The third-order valence-electron chi connectivity index (χ3n) is 3.50. The molecule has 2 rings (SSSR count). The van der Waals surface area contributed by atoms with Gasteiger partial charge < -0.3 is 15.0 Å². The summed E-state index contributed by atoms with van der Waals surface area (Å²) < 4.78 is 5.33. The van der Waals surface area contributed by atoms with E-state index in [2.05, 4.69) is 5.32 Å². The summed E-state index contributed by atoms with van der Waals surface area (Å²) in [6, 6.07) is 13.5. The van der Waals surface area contributed by atoms with E-state index < -0.39 is 0 Å². The van der Waals surface area contributed by atoms with Gasteiger partial charge in [-0.15, -0.1) is 0 Å². The molecule has 0 atom stereocenters. The van der Waals surface area contributed by atoms with Gasteiger partial charge in [0.2, 0.25) is 0 Å². The van der Waals surface area contributed by atoms with E-state index in [1.165, 1.54) is 0 Å². The molecule has 22 heavy (non-hydrogen) atoms. The lowest BCUT2D eigenvalue weighted by atomic mass is 10.1. The summed E-state index contributed by atoms with van der Waals surface area (Å²) in [5.74, 6) is 0.695. The van der Waals surface area contributed by atoms with Crippen molar-refractivity contribution in [3.05, 3.63) is 59.2 Å². The van der Waals surface area contributed by atoms with Gasteiger partial charge in [-0.05, 0) is 31.2 Å². The minimum Gasteiger partial charge on any atom is -0.496 e. The second kappa shape index (κ2) is 6.98. The van der Waals surface area contributed by atoms with E-state index >= 15 is 0 Å². The molecule has 0 radical (unpaired) electrons. The van der Waals surface area contributed by atoms with Crippen molar-refractivity contribution in [2.24, 2.45) is 0 Å². The van der Waals surface area contributed by atoms with Crippen molar-refractivity contribution >= 4 is 11.6 Å². The molecule has 4 nitrogen and oxygen atoms in total. The van der Waals surface area contributed by atoms with Crippen LogP contribution in [0.3, 0.4) is 0 Å². The second-order valence-electron chi connectivity index (χ2n) is 5.44. The van der Waals surface area contributed by atoms with E-state index in [-0.39, 0.29) is 5.91 Å². The van der Waals surface area contributed by atoms with Crippen LogP contribution in [0.2, 0.25) is 0 Å².